The van der Waals surface area contributed by atoms with E-state index >= 15 is 0 Å². The lowest BCUT2D eigenvalue weighted by Crippen LogP contribution is -2.41. The van der Waals surface area contributed by atoms with Gasteiger partial charge >= 0.3 is 0 Å². The van der Waals surface area contributed by atoms with Gasteiger partial charge in [-0.05, 0) is 114 Å². The zero-order chi connectivity index (χ0) is 25.0. The van der Waals surface area contributed by atoms with Crippen LogP contribution in [-0.2, 0) is 0 Å². The molecule has 3 aliphatic carbocycles. The van der Waals surface area contributed by atoms with Crippen LogP contribution in [0.2, 0.25) is 0 Å². The highest BCUT2D eigenvalue weighted by Crippen LogP contribution is 2.64. The molecule has 2 unspecified atom stereocenters. The highest BCUT2D eigenvalue weighted by Gasteiger charge is 2.54. The zero-order valence-electron chi connectivity index (χ0n) is 22.4. The average molecular weight is 477 g/mol. The molecule has 6 atom stereocenters. The van der Waals surface area contributed by atoms with Crippen molar-refractivity contribution in [3.8, 4) is 0 Å². The molecule has 0 saturated heterocycles. The van der Waals surface area contributed by atoms with Crippen LogP contribution in [0.3, 0.4) is 0 Å². The summed E-state index contributed by atoms with van der Waals surface area (Å²) in [5, 5.41) is 39.8. The van der Waals surface area contributed by atoms with Gasteiger partial charge in [0.05, 0.1) is 17.8 Å². The van der Waals surface area contributed by atoms with Crippen molar-refractivity contribution in [3.05, 3.63) is 23.3 Å². The number of rotatable bonds is 10. The molecule has 0 heterocycles. The van der Waals surface area contributed by atoms with Crippen molar-refractivity contribution in [1.82, 2.24) is 0 Å². The Morgan fingerprint density at radius 1 is 0.941 bits per heavy atom. The Hall–Kier alpha value is -0.680. The molecule has 34 heavy (non-hydrogen) atoms. The maximum atomic E-state index is 10.3. The molecule has 0 amide bonds. The molecular weight excluding hydrogens is 424 g/mol. The van der Waals surface area contributed by atoms with E-state index in [9.17, 15) is 20.4 Å². The third-order valence-corrected chi connectivity index (χ3v) is 9.57. The van der Waals surface area contributed by atoms with Crippen LogP contribution in [0.15, 0.2) is 23.3 Å². The third kappa shape index (κ3) is 6.96. The Kier molecular flexibility index (Phi) is 9.50. The summed E-state index contributed by atoms with van der Waals surface area (Å²) < 4.78 is 0. The largest absolute Gasteiger partial charge is 0.396 e. The van der Waals surface area contributed by atoms with Gasteiger partial charge < -0.3 is 20.4 Å². The molecule has 0 aromatic rings. The Morgan fingerprint density at radius 2 is 1.62 bits per heavy atom. The van der Waals surface area contributed by atoms with Gasteiger partial charge in [0.15, 0.2) is 0 Å². The summed E-state index contributed by atoms with van der Waals surface area (Å²) >= 11 is 0. The molecule has 0 aromatic heterocycles. The Bertz CT molecular complexity index is 708. The fourth-order valence-corrected chi connectivity index (χ4v) is 7.95. The Morgan fingerprint density at radius 3 is 2.26 bits per heavy atom. The van der Waals surface area contributed by atoms with Gasteiger partial charge in [0.2, 0.25) is 0 Å². The van der Waals surface area contributed by atoms with Crippen LogP contribution >= 0.6 is 0 Å². The molecule has 3 aliphatic rings. The second-order valence-electron chi connectivity index (χ2n) is 13.1. The predicted molar refractivity (Wildman–Crippen MR) is 139 cm³/mol. The van der Waals surface area contributed by atoms with E-state index in [-0.39, 0.29) is 12.0 Å². The van der Waals surface area contributed by atoms with Crippen LogP contribution < -0.4 is 0 Å². The van der Waals surface area contributed by atoms with Crippen molar-refractivity contribution < 1.29 is 20.4 Å². The van der Waals surface area contributed by atoms with Crippen molar-refractivity contribution in [2.75, 3.05) is 6.61 Å². The van der Waals surface area contributed by atoms with Crippen LogP contribution in [0.4, 0.5) is 0 Å². The van der Waals surface area contributed by atoms with Gasteiger partial charge in [0, 0.05) is 6.61 Å². The van der Waals surface area contributed by atoms with E-state index < -0.39 is 17.8 Å². The molecule has 0 aromatic carbocycles. The van der Waals surface area contributed by atoms with E-state index in [1.165, 1.54) is 37.7 Å². The highest BCUT2D eigenvalue weighted by atomic mass is 16.3. The standard InChI is InChI=1S/C30H52O4/c1-28(2,34)14-8-16-29(3,15-5-6-18-31)27-13-12-26-23(9-7-17-30(26,27)4)11-10-22-19-24(32)21-25(33)20-22/h10-11,24-27,31-34H,5-9,12-21H2,1-4H3/b22-10?,23-11+/t24-,25?,26?,27-,29+,30+/m1/s1. The second-order valence-corrected chi connectivity index (χ2v) is 13.1. The molecule has 3 fully saturated rings. The number of aliphatic hydroxyl groups excluding tert-OH is 3. The molecule has 3 rings (SSSR count). The normalized spacial score (nSPS) is 36.6. The molecule has 196 valence electrons. The van der Waals surface area contributed by atoms with Crippen molar-refractivity contribution in [1.29, 1.82) is 0 Å². The fraction of sp³-hybridized carbons (Fsp3) is 0.867. The second kappa shape index (κ2) is 11.6. The molecule has 4 nitrogen and oxygen atoms in total. The first-order valence-electron chi connectivity index (χ1n) is 14.0. The fourth-order valence-electron chi connectivity index (χ4n) is 7.95. The smallest absolute Gasteiger partial charge is 0.0602 e. The first-order valence-corrected chi connectivity index (χ1v) is 14.0. The maximum absolute atomic E-state index is 10.3. The molecule has 0 aliphatic heterocycles. The van der Waals surface area contributed by atoms with Crippen molar-refractivity contribution in [2.45, 2.75) is 135 Å². The number of hydrogen-bond donors (Lipinski definition) is 4. The quantitative estimate of drug-likeness (QED) is 0.288. The number of unbranched alkanes of at least 4 members (excludes halogenated alkanes) is 1. The molecule has 3 saturated carbocycles. The monoisotopic (exact) mass is 476 g/mol. The Balaban J connectivity index is 1.78. The van der Waals surface area contributed by atoms with E-state index in [0.29, 0.717) is 36.5 Å². The summed E-state index contributed by atoms with van der Waals surface area (Å²) in [6.07, 6.45) is 18.0. The Labute approximate surface area is 208 Å². The lowest BCUT2D eigenvalue weighted by Gasteiger charge is -2.50. The summed E-state index contributed by atoms with van der Waals surface area (Å²) in [5.74, 6) is 1.29. The number of hydrogen-bond acceptors (Lipinski definition) is 4. The lowest BCUT2D eigenvalue weighted by molar-refractivity contribution is 0.0110. The first-order chi connectivity index (χ1) is 16.0. The number of aliphatic hydroxyl groups is 4. The zero-order valence-corrected chi connectivity index (χ0v) is 22.4. The summed E-state index contributed by atoms with van der Waals surface area (Å²) in [5.41, 5.74) is 2.69. The van der Waals surface area contributed by atoms with Gasteiger partial charge in [-0.3, -0.25) is 0 Å². The maximum Gasteiger partial charge on any atom is 0.0602 e. The van der Waals surface area contributed by atoms with Gasteiger partial charge in [-0.1, -0.05) is 50.0 Å². The van der Waals surface area contributed by atoms with E-state index in [0.717, 1.165) is 38.5 Å². The molecule has 0 bridgehead atoms. The topological polar surface area (TPSA) is 80.9 Å². The van der Waals surface area contributed by atoms with E-state index in [1.807, 2.05) is 13.8 Å². The van der Waals surface area contributed by atoms with Crippen LogP contribution in [0.25, 0.3) is 0 Å². The van der Waals surface area contributed by atoms with E-state index in [4.69, 9.17) is 0 Å². The van der Waals surface area contributed by atoms with E-state index in [2.05, 4.69) is 26.0 Å². The highest BCUT2D eigenvalue weighted by molar-refractivity contribution is 5.26. The third-order valence-electron chi connectivity index (χ3n) is 9.57. The molecular formula is C30H52O4. The van der Waals surface area contributed by atoms with Crippen LogP contribution in [0, 0.1) is 22.7 Å². The predicted octanol–water partition coefficient (Wildman–Crippen LogP) is 6.07. The van der Waals surface area contributed by atoms with Crippen molar-refractivity contribution >= 4 is 0 Å². The average Bonchev–Trinajstić information content (AvgIpc) is 3.09. The van der Waals surface area contributed by atoms with Crippen LogP contribution in [-0.4, -0.2) is 44.8 Å². The minimum atomic E-state index is -0.608. The number of allylic oxidation sites excluding steroid dienone is 3. The first kappa shape index (κ1) is 27.9. The SMILES string of the molecule is CC(C)(O)CCC[C@](C)(CCCCO)[C@H]1CCC2/C(=C/C=C3CC(O)C[C@H](O)C3)CCC[C@@]21C. The summed E-state index contributed by atoms with van der Waals surface area (Å²) in [6, 6.07) is 0. The molecule has 0 radical (unpaired) electrons. The van der Waals surface area contributed by atoms with Crippen LogP contribution in [0.1, 0.15) is 118 Å². The minimum absolute atomic E-state index is 0.239. The van der Waals surface area contributed by atoms with Crippen LogP contribution in [0.5, 0.6) is 0 Å². The summed E-state index contributed by atoms with van der Waals surface area (Å²) in [4.78, 5) is 0. The van der Waals surface area contributed by atoms with Crippen molar-refractivity contribution in [2.24, 2.45) is 22.7 Å². The summed E-state index contributed by atoms with van der Waals surface area (Å²) in [7, 11) is 0. The van der Waals surface area contributed by atoms with Gasteiger partial charge in [-0.15, -0.1) is 0 Å². The van der Waals surface area contributed by atoms with Gasteiger partial charge in [0.25, 0.3) is 0 Å². The van der Waals surface area contributed by atoms with Gasteiger partial charge in [-0.25, -0.2) is 0 Å². The molecule has 4 heteroatoms. The number of fused-ring (bicyclic) bond motifs is 1. The van der Waals surface area contributed by atoms with Gasteiger partial charge in [-0.2, -0.15) is 0 Å². The van der Waals surface area contributed by atoms with Gasteiger partial charge in [0.1, 0.15) is 0 Å². The van der Waals surface area contributed by atoms with E-state index in [1.54, 1.807) is 5.57 Å². The molecule has 4 N–H and O–H groups in total. The summed E-state index contributed by atoms with van der Waals surface area (Å²) in [6.45, 7) is 9.15. The molecule has 0 spiro atoms. The lowest BCUT2D eigenvalue weighted by atomic mass is 9.55. The minimum Gasteiger partial charge on any atom is -0.396 e. The van der Waals surface area contributed by atoms with Crippen molar-refractivity contribution in [3.63, 3.8) is 0 Å².